The Bertz CT molecular complexity index is 2920. The van der Waals surface area contributed by atoms with Crippen LogP contribution in [0.2, 0.25) is 0 Å². The number of nitrogens with one attached hydrogen (secondary N) is 1. The van der Waals surface area contributed by atoms with E-state index < -0.39 is 6.67 Å². The Morgan fingerprint density at radius 2 is 1.10 bits per heavy atom. The van der Waals surface area contributed by atoms with E-state index in [0.29, 0.717) is 50.2 Å². The molecule has 15 nitrogen and oxygen atoms in total. The summed E-state index contributed by atoms with van der Waals surface area (Å²) < 4.78 is 54.9. The van der Waals surface area contributed by atoms with Crippen molar-refractivity contribution >= 4 is 34.2 Å². The van der Waals surface area contributed by atoms with Crippen molar-refractivity contribution < 1.29 is 33.3 Å². The zero-order valence-corrected chi connectivity index (χ0v) is 41.7. The van der Waals surface area contributed by atoms with Crippen LogP contribution in [0.15, 0.2) is 110 Å². The first-order valence-corrected chi connectivity index (χ1v) is 23.4. The summed E-state index contributed by atoms with van der Waals surface area (Å²) in [6.45, 7) is 10.4. The summed E-state index contributed by atoms with van der Waals surface area (Å²) in [5, 5.41) is 40.4. The Labute approximate surface area is 424 Å². The Morgan fingerprint density at radius 1 is 0.634 bits per heavy atom. The number of alkyl halides is 3. The van der Waals surface area contributed by atoms with E-state index in [1.807, 2.05) is 127 Å². The molecule has 5 N–H and O–H groups in total. The van der Waals surface area contributed by atoms with Crippen LogP contribution in [0.5, 0.6) is 0 Å². The number of rotatable bonds is 15. The molecule has 6 aromatic heterocycles. The van der Waals surface area contributed by atoms with Gasteiger partial charge in [0.2, 0.25) is 0 Å². The van der Waals surface area contributed by atoms with E-state index in [-0.39, 0.29) is 63.1 Å². The molecule has 0 aliphatic heterocycles. The van der Waals surface area contributed by atoms with Gasteiger partial charge < -0.3 is 35.0 Å². The van der Waals surface area contributed by atoms with E-state index in [1.165, 1.54) is 24.3 Å². The summed E-state index contributed by atoms with van der Waals surface area (Å²) in [6.07, 6.45) is 7.10. The van der Waals surface area contributed by atoms with Crippen LogP contribution in [0, 0.1) is 39.3 Å². The third-order valence-corrected chi connectivity index (χ3v) is 11.3. The topological polar surface area (TPSA) is 200 Å². The highest BCUT2D eigenvalue weighted by Gasteiger charge is 2.22. The maximum atomic E-state index is 13.4. The molecule has 20 heteroatoms. The Hall–Kier alpha value is -6.75. The van der Waals surface area contributed by atoms with Gasteiger partial charge in [-0.05, 0) is 124 Å². The molecule has 0 aliphatic carbocycles. The highest BCUT2D eigenvalue weighted by molar-refractivity contribution is 14.1. The molecule has 0 unspecified atom stereocenters. The van der Waals surface area contributed by atoms with Crippen LogP contribution in [-0.4, -0.2) is 89.5 Å². The second kappa shape index (κ2) is 27.0. The van der Waals surface area contributed by atoms with Gasteiger partial charge in [-0.25, -0.2) is 33.1 Å². The summed E-state index contributed by atoms with van der Waals surface area (Å²) in [5.74, 6) is 0.608. The van der Waals surface area contributed by atoms with Crippen LogP contribution in [0.1, 0.15) is 78.4 Å². The predicted octanol–water partition coefficient (Wildman–Crippen LogP) is 9.86. The quantitative estimate of drug-likeness (QED) is 0.0499. The summed E-state index contributed by atoms with van der Waals surface area (Å²) in [4.78, 5) is 19.4. The van der Waals surface area contributed by atoms with Crippen LogP contribution in [-0.2, 0) is 13.2 Å². The molecule has 6 heterocycles. The van der Waals surface area contributed by atoms with E-state index in [9.17, 15) is 27.8 Å². The van der Waals surface area contributed by atoms with Gasteiger partial charge in [-0.2, -0.15) is 0 Å². The van der Waals surface area contributed by atoms with Crippen molar-refractivity contribution in [3.05, 3.63) is 167 Å². The van der Waals surface area contributed by atoms with Gasteiger partial charge in [0.05, 0.1) is 90.2 Å². The highest BCUT2D eigenvalue weighted by atomic mass is 127. The molecule has 8 aromatic rings. The third-order valence-electron chi connectivity index (χ3n) is 10.9. The van der Waals surface area contributed by atoms with E-state index in [2.05, 4.69) is 45.6 Å². The molecule has 0 bridgehead atoms. The molecule has 0 amide bonds. The van der Waals surface area contributed by atoms with E-state index >= 15 is 0 Å². The fourth-order valence-electron chi connectivity index (χ4n) is 7.26. The largest absolute Gasteiger partial charge is 0.412 e. The Kier molecular flexibility index (Phi) is 21.6. The van der Waals surface area contributed by atoms with Crippen molar-refractivity contribution in [2.75, 3.05) is 34.5 Å². The molecule has 0 radical (unpaired) electrons. The number of hydrogen-bond donors (Lipinski definition) is 3. The highest BCUT2D eigenvalue weighted by Crippen LogP contribution is 2.30. The lowest BCUT2D eigenvalue weighted by atomic mass is 10.1. The molecule has 8 rings (SSSR count). The predicted molar refractivity (Wildman–Crippen MR) is 277 cm³/mol. The third kappa shape index (κ3) is 14.7. The molecule has 0 aliphatic rings. The molecule has 0 saturated carbocycles. The number of aliphatic hydroxyl groups is 2. The number of imidazole rings is 2. The second-order valence-corrected chi connectivity index (χ2v) is 17.0. The van der Waals surface area contributed by atoms with Crippen molar-refractivity contribution in [3.63, 3.8) is 0 Å². The first kappa shape index (κ1) is 56.8. The number of aliphatic hydroxyl groups excluding tert-OH is 2. The van der Waals surface area contributed by atoms with Crippen molar-refractivity contribution in [1.29, 1.82) is 0 Å². The fraction of sp³-hybridized carbons (Fsp3) is 0.294. The normalized spacial score (nSPS) is 11.5. The molecular formula is C51H59F4IN12O3. The summed E-state index contributed by atoms with van der Waals surface area (Å²) in [5.41, 5.74) is 10.1. The zero-order chi connectivity index (χ0) is 49.6. The molecule has 71 heavy (non-hydrogen) atoms. The van der Waals surface area contributed by atoms with Crippen LogP contribution in [0.4, 0.5) is 29.2 Å². The van der Waals surface area contributed by atoms with Crippen molar-refractivity contribution in [1.82, 2.24) is 49.5 Å². The van der Waals surface area contributed by atoms with Crippen molar-refractivity contribution in [2.24, 2.45) is 0 Å². The van der Waals surface area contributed by atoms with Crippen LogP contribution < -0.4 is 10.2 Å². The minimum absolute atomic E-state index is 0. The fourth-order valence-corrected chi connectivity index (χ4v) is 7.26. The number of hydrogen-bond acceptors (Lipinski definition) is 12. The van der Waals surface area contributed by atoms with Gasteiger partial charge in [-0.1, -0.05) is 54.3 Å². The van der Waals surface area contributed by atoms with Gasteiger partial charge in [-0.3, -0.25) is 4.39 Å². The minimum atomic E-state index is -0.564. The Balaban J connectivity index is 0.000000280. The van der Waals surface area contributed by atoms with Gasteiger partial charge in [0.1, 0.15) is 29.7 Å². The Morgan fingerprint density at radius 3 is 1.51 bits per heavy atom. The second-order valence-electron chi connectivity index (χ2n) is 15.9. The average molecular weight is 1090 g/mol. The van der Waals surface area contributed by atoms with Crippen molar-refractivity contribution in [2.45, 2.75) is 74.3 Å². The molecule has 0 saturated heterocycles. The lowest BCUT2D eigenvalue weighted by molar-refractivity contribution is 0.276. The van der Waals surface area contributed by atoms with Crippen LogP contribution >= 0.6 is 22.6 Å². The molecule has 0 spiro atoms. The van der Waals surface area contributed by atoms with Crippen LogP contribution in [0.25, 0.3) is 34.2 Å². The molecule has 2 atom stereocenters. The van der Waals surface area contributed by atoms with Gasteiger partial charge in [-0.15, -0.1) is 20.4 Å². The molecule has 376 valence electrons. The first-order valence-electron chi connectivity index (χ1n) is 21.9. The van der Waals surface area contributed by atoms with Gasteiger partial charge in [0.25, 0.3) is 0 Å². The monoisotopic (exact) mass is 1090 g/mol. The number of halogens is 5. The number of aryl methyl sites for hydroxylation is 4. The number of anilines is 2. The van der Waals surface area contributed by atoms with Gasteiger partial charge in [0, 0.05) is 23.4 Å². The number of aromatic nitrogens is 10. The summed E-state index contributed by atoms with van der Waals surface area (Å²) in [7, 11) is 0. The van der Waals surface area contributed by atoms with E-state index in [0.717, 1.165) is 45.0 Å². The summed E-state index contributed by atoms with van der Waals surface area (Å²) >= 11 is 1.98. The van der Waals surface area contributed by atoms with Crippen LogP contribution in [0.3, 0.4) is 0 Å². The lowest BCUT2D eigenvalue weighted by Crippen LogP contribution is -2.30. The first-order chi connectivity index (χ1) is 33.3. The van der Waals surface area contributed by atoms with E-state index in [4.69, 9.17) is 0 Å². The van der Waals surface area contributed by atoms with Gasteiger partial charge in [0.15, 0.2) is 11.6 Å². The van der Waals surface area contributed by atoms with Crippen molar-refractivity contribution in [3.8, 4) is 34.2 Å². The smallest absolute Gasteiger partial charge is 0.154 e. The summed E-state index contributed by atoms with van der Waals surface area (Å²) in [6, 6.07) is 23.4. The minimum Gasteiger partial charge on any atom is -0.412 e. The van der Waals surface area contributed by atoms with Gasteiger partial charge >= 0.3 is 0 Å². The molecular weight excluding hydrogens is 1030 g/mol. The number of nitrogens with zero attached hydrogens (tertiary/aromatic N) is 11. The maximum Gasteiger partial charge on any atom is 0.154 e. The standard InChI is InChI=1S/C25H26F2N6O.C23H23FN6O.C2H4FI.CH4.H2O/c1-16-12-22(21-8-9-24(23(14-34)29-21)32-13-17(2)28-15-32)30-31-25(16)33(11-10-26)18(3)19-4-6-20(27)7-5-19;1-14-10-20(28-29-23(14)26-16(3)17-4-6-18(24)7-5-17)19-8-9-22(21(12-31)27-19)30-11-15(2)25-13-30;3-1-2-4;;/h4-9,12-13,15,18,34H,10-11,14H2,1-3H3;4-11,13,16,31H,12H2,1-3H3,(H,26,29);1-2H2;1H4;1H2/t18-;16-;;;/m00.../s1. The molecule has 0 fully saturated rings. The number of pyridine rings is 2. The average Bonchev–Trinajstić information content (AvgIpc) is 4.01. The maximum absolute atomic E-state index is 13.4. The van der Waals surface area contributed by atoms with E-state index in [1.54, 1.807) is 36.9 Å². The molecule has 2 aromatic carbocycles. The zero-order valence-electron chi connectivity index (χ0n) is 39.5. The SMILES string of the molecule is C.Cc1cn(-c2ccc(-c3cc(C)c(N(CCF)[C@@H](C)c4ccc(F)cc4)nn3)nc2CO)cn1.Cc1cn(-c2ccc(-c3cc(C)c(N[C@@H](C)c4ccc(F)cc4)nn3)nc2CO)cn1.FCCI.O. The number of benzene rings is 2. The lowest BCUT2D eigenvalue weighted by Gasteiger charge is -2.30.